The summed E-state index contributed by atoms with van der Waals surface area (Å²) in [7, 11) is 0. The van der Waals surface area contributed by atoms with Crippen LogP contribution in [0, 0.1) is 0 Å². The molecule has 0 bridgehead atoms. The summed E-state index contributed by atoms with van der Waals surface area (Å²) in [5, 5.41) is 5.16. The fraction of sp³-hybridized carbons (Fsp3) is 0.500. The van der Waals surface area contributed by atoms with Crippen molar-refractivity contribution in [2.24, 2.45) is 5.73 Å². The number of nitrogens with two attached hydrogens (primary N) is 1. The van der Waals surface area contributed by atoms with Crippen molar-refractivity contribution in [3.63, 3.8) is 0 Å². The van der Waals surface area contributed by atoms with Crippen molar-refractivity contribution >= 4 is 11.8 Å². The highest BCUT2D eigenvalue weighted by Crippen LogP contribution is 2.10. The average Bonchev–Trinajstić information content (AvgIpc) is 2.86. The Morgan fingerprint density at radius 3 is 2.82 bits per heavy atom. The molecule has 0 saturated heterocycles. The van der Waals surface area contributed by atoms with Crippen LogP contribution in [0.15, 0.2) is 12.4 Å². The molecule has 1 heterocycles. The summed E-state index contributed by atoms with van der Waals surface area (Å²) in [6, 6.07) is -0.174. The van der Waals surface area contributed by atoms with Crippen LogP contribution < -0.4 is 16.4 Å². The number of carbonyl (C=O) groups is 2. The van der Waals surface area contributed by atoms with Gasteiger partial charge in [0.15, 0.2) is 0 Å². The van der Waals surface area contributed by atoms with Crippen molar-refractivity contribution in [2.75, 3.05) is 13.1 Å². The smallest absolute Gasteiger partial charge is 0.239 e. The van der Waals surface area contributed by atoms with Crippen LogP contribution in [-0.4, -0.2) is 34.9 Å². The quantitative estimate of drug-likeness (QED) is 0.512. The lowest BCUT2D eigenvalue weighted by atomic mass is 10.2. The molecule has 1 rings (SSSR count). The predicted octanol–water partition coefficient (Wildman–Crippen LogP) is -0.948. The van der Waals surface area contributed by atoms with E-state index in [1.165, 1.54) is 0 Å². The number of carbonyl (C=O) groups excluding carboxylic acids is 2. The minimum absolute atomic E-state index is 0.0761. The van der Waals surface area contributed by atoms with E-state index in [1.807, 2.05) is 6.92 Å². The second-order valence-electron chi connectivity index (χ2n) is 3.48. The number of H-pyrrole nitrogens is 1. The van der Waals surface area contributed by atoms with E-state index in [-0.39, 0.29) is 30.9 Å². The largest absolute Gasteiger partial charge is 0.347 e. The van der Waals surface area contributed by atoms with E-state index >= 15 is 0 Å². The maximum atomic E-state index is 11.5. The molecule has 7 nitrogen and oxygen atoms in total. The normalized spacial score (nSPS) is 11.9. The monoisotopic (exact) mass is 239 g/mol. The van der Waals surface area contributed by atoms with E-state index in [2.05, 4.69) is 20.6 Å². The van der Waals surface area contributed by atoms with Crippen molar-refractivity contribution in [1.82, 2.24) is 20.6 Å². The van der Waals surface area contributed by atoms with E-state index in [9.17, 15) is 9.59 Å². The van der Waals surface area contributed by atoms with Crippen LogP contribution in [-0.2, 0) is 9.59 Å². The van der Waals surface area contributed by atoms with E-state index < -0.39 is 0 Å². The third kappa shape index (κ3) is 4.23. The Morgan fingerprint density at radius 1 is 1.53 bits per heavy atom. The molecule has 0 radical (unpaired) electrons. The van der Waals surface area contributed by atoms with Crippen LogP contribution in [0.25, 0.3) is 0 Å². The molecule has 0 aliphatic heterocycles. The summed E-state index contributed by atoms with van der Waals surface area (Å²) in [6.07, 6.45) is 4.03. The topological polar surface area (TPSA) is 113 Å². The fourth-order valence-corrected chi connectivity index (χ4v) is 1.33. The van der Waals surface area contributed by atoms with Crippen LogP contribution >= 0.6 is 0 Å². The van der Waals surface area contributed by atoms with Gasteiger partial charge in [0.25, 0.3) is 0 Å². The molecule has 0 fully saturated rings. The number of imidazole rings is 1. The summed E-state index contributed by atoms with van der Waals surface area (Å²) in [5.74, 6) is 0.0762. The van der Waals surface area contributed by atoms with E-state index in [0.29, 0.717) is 12.2 Å². The van der Waals surface area contributed by atoms with Crippen molar-refractivity contribution in [3.05, 3.63) is 18.2 Å². The van der Waals surface area contributed by atoms with Gasteiger partial charge in [0, 0.05) is 12.4 Å². The summed E-state index contributed by atoms with van der Waals surface area (Å²) >= 11 is 0. The Kier molecular flexibility index (Phi) is 5.15. The Bertz CT molecular complexity index is 363. The third-order valence-electron chi connectivity index (χ3n) is 2.22. The highest BCUT2D eigenvalue weighted by atomic mass is 16.2. The minimum Gasteiger partial charge on any atom is -0.347 e. The van der Waals surface area contributed by atoms with Gasteiger partial charge in [0.1, 0.15) is 5.82 Å². The Balaban J connectivity index is 2.41. The van der Waals surface area contributed by atoms with Gasteiger partial charge in [-0.15, -0.1) is 0 Å². The van der Waals surface area contributed by atoms with Crippen LogP contribution in [0.4, 0.5) is 0 Å². The molecule has 0 aromatic carbocycles. The Morgan fingerprint density at radius 2 is 2.29 bits per heavy atom. The van der Waals surface area contributed by atoms with Gasteiger partial charge in [-0.3, -0.25) is 9.59 Å². The molecule has 17 heavy (non-hydrogen) atoms. The molecule has 0 aliphatic carbocycles. The number of hydrogen-bond donors (Lipinski definition) is 4. The van der Waals surface area contributed by atoms with Crippen molar-refractivity contribution < 1.29 is 9.59 Å². The molecule has 0 aliphatic rings. The Labute approximate surface area is 99.2 Å². The molecular weight excluding hydrogens is 222 g/mol. The number of aromatic amines is 1. The van der Waals surface area contributed by atoms with Gasteiger partial charge in [0.2, 0.25) is 11.8 Å². The summed E-state index contributed by atoms with van der Waals surface area (Å²) in [4.78, 5) is 29.4. The molecule has 1 atom stereocenters. The molecule has 2 amide bonds. The maximum Gasteiger partial charge on any atom is 0.239 e. The zero-order valence-corrected chi connectivity index (χ0v) is 9.69. The first kappa shape index (κ1) is 13.2. The Hall–Kier alpha value is -1.89. The van der Waals surface area contributed by atoms with Gasteiger partial charge < -0.3 is 21.4 Å². The molecule has 0 saturated carbocycles. The SMILES string of the molecule is CCC(NC(=O)CNC(=O)CN)c1ncc[nH]1. The van der Waals surface area contributed by atoms with Gasteiger partial charge >= 0.3 is 0 Å². The fourth-order valence-electron chi connectivity index (χ4n) is 1.33. The number of nitrogens with zero attached hydrogens (tertiary/aromatic N) is 1. The first-order valence-corrected chi connectivity index (χ1v) is 5.42. The number of amides is 2. The summed E-state index contributed by atoms with van der Waals surface area (Å²) in [5.41, 5.74) is 5.10. The standard InChI is InChI=1S/C10H17N5O2/c1-2-7(10-12-3-4-13-10)15-9(17)6-14-8(16)5-11/h3-4,7H,2,5-6,11H2,1H3,(H,12,13)(H,14,16)(H,15,17). The van der Waals surface area contributed by atoms with Gasteiger partial charge in [-0.25, -0.2) is 4.98 Å². The van der Waals surface area contributed by atoms with Crippen molar-refractivity contribution in [3.8, 4) is 0 Å². The van der Waals surface area contributed by atoms with Crippen LogP contribution in [0.2, 0.25) is 0 Å². The third-order valence-corrected chi connectivity index (χ3v) is 2.22. The first-order chi connectivity index (χ1) is 8.17. The number of nitrogens with one attached hydrogen (secondary N) is 3. The lowest BCUT2D eigenvalue weighted by Crippen LogP contribution is -2.40. The molecular formula is C10H17N5O2. The van der Waals surface area contributed by atoms with E-state index in [1.54, 1.807) is 12.4 Å². The van der Waals surface area contributed by atoms with Crippen molar-refractivity contribution in [2.45, 2.75) is 19.4 Å². The second kappa shape index (κ2) is 6.64. The van der Waals surface area contributed by atoms with E-state index in [4.69, 9.17) is 5.73 Å². The molecule has 1 aromatic heterocycles. The van der Waals surface area contributed by atoms with Gasteiger partial charge in [-0.1, -0.05) is 6.92 Å². The molecule has 1 unspecified atom stereocenters. The van der Waals surface area contributed by atoms with Crippen LogP contribution in [0.5, 0.6) is 0 Å². The lowest BCUT2D eigenvalue weighted by Gasteiger charge is -2.14. The number of rotatable bonds is 6. The molecule has 7 heteroatoms. The molecule has 0 spiro atoms. The predicted molar refractivity (Wildman–Crippen MR) is 61.8 cm³/mol. The maximum absolute atomic E-state index is 11.5. The molecule has 5 N–H and O–H groups in total. The van der Waals surface area contributed by atoms with Crippen LogP contribution in [0.3, 0.4) is 0 Å². The number of hydrogen-bond acceptors (Lipinski definition) is 4. The molecule has 1 aromatic rings. The second-order valence-corrected chi connectivity index (χ2v) is 3.48. The zero-order valence-electron chi connectivity index (χ0n) is 9.69. The highest BCUT2D eigenvalue weighted by Gasteiger charge is 2.14. The van der Waals surface area contributed by atoms with Crippen molar-refractivity contribution in [1.29, 1.82) is 0 Å². The van der Waals surface area contributed by atoms with Gasteiger partial charge in [-0.2, -0.15) is 0 Å². The average molecular weight is 239 g/mol. The van der Waals surface area contributed by atoms with E-state index in [0.717, 1.165) is 0 Å². The summed E-state index contributed by atoms with van der Waals surface area (Å²) in [6.45, 7) is 1.74. The van der Waals surface area contributed by atoms with Crippen LogP contribution in [0.1, 0.15) is 25.2 Å². The lowest BCUT2D eigenvalue weighted by molar-refractivity contribution is -0.125. The first-order valence-electron chi connectivity index (χ1n) is 5.42. The zero-order chi connectivity index (χ0) is 12.7. The molecule has 94 valence electrons. The number of aromatic nitrogens is 2. The van der Waals surface area contributed by atoms with Gasteiger partial charge in [-0.05, 0) is 6.42 Å². The highest BCUT2D eigenvalue weighted by molar-refractivity contribution is 5.85. The van der Waals surface area contributed by atoms with Gasteiger partial charge in [0.05, 0.1) is 19.1 Å². The minimum atomic E-state index is -0.355. The summed E-state index contributed by atoms with van der Waals surface area (Å²) < 4.78 is 0.